The van der Waals surface area contributed by atoms with Gasteiger partial charge in [0.05, 0.1) is 7.11 Å². The van der Waals surface area contributed by atoms with Gasteiger partial charge in [-0.05, 0) is 43.0 Å². The SMILES string of the molecule is CCCC1CC(CNCC)(c2cccc(OC)c2)C1. The summed E-state index contributed by atoms with van der Waals surface area (Å²) in [5, 5.41) is 3.55. The molecule has 1 fully saturated rings. The minimum atomic E-state index is 0.338. The first-order valence-electron chi connectivity index (χ1n) is 7.59. The van der Waals surface area contributed by atoms with E-state index in [1.165, 1.54) is 31.2 Å². The summed E-state index contributed by atoms with van der Waals surface area (Å²) in [4.78, 5) is 0. The quantitative estimate of drug-likeness (QED) is 0.807. The average molecular weight is 261 g/mol. The monoisotopic (exact) mass is 261 g/mol. The maximum absolute atomic E-state index is 5.38. The lowest BCUT2D eigenvalue weighted by atomic mass is 9.57. The Morgan fingerprint density at radius 1 is 1.32 bits per heavy atom. The van der Waals surface area contributed by atoms with E-state index in [1.807, 2.05) is 6.07 Å². The zero-order valence-corrected chi connectivity index (χ0v) is 12.5. The van der Waals surface area contributed by atoms with Gasteiger partial charge >= 0.3 is 0 Å². The minimum Gasteiger partial charge on any atom is -0.497 e. The highest BCUT2D eigenvalue weighted by Crippen LogP contribution is 2.49. The van der Waals surface area contributed by atoms with Crippen LogP contribution in [0.1, 0.15) is 45.1 Å². The van der Waals surface area contributed by atoms with Crippen molar-refractivity contribution in [3.8, 4) is 5.75 Å². The molecule has 0 bridgehead atoms. The second-order valence-corrected chi connectivity index (χ2v) is 5.86. The minimum absolute atomic E-state index is 0.338. The zero-order valence-electron chi connectivity index (χ0n) is 12.5. The molecule has 2 heteroatoms. The molecule has 1 N–H and O–H groups in total. The number of hydrogen-bond acceptors (Lipinski definition) is 2. The number of benzene rings is 1. The van der Waals surface area contributed by atoms with E-state index in [9.17, 15) is 0 Å². The first kappa shape index (κ1) is 14.4. The highest BCUT2D eigenvalue weighted by atomic mass is 16.5. The number of ether oxygens (including phenoxy) is 1. The first-order valence-corrected chi connectivity index (χ1v) is 7.59. The van der Waals surface area contributed by atoms with Crippen LogP contribution in [-0.2, 0) is 5.41 Å². The lowest BCUT2D eigenvalue weighted by molar-refractivity contribution is 0.129. The number of hydrogen-bond donors (Lipinski definition) is 1. The lowest BCUT2D eigenvalue weighted by Crippen LogP contribution is -2.48. The predicted molar refractivity (Wildman–Crippen MR) is 80.8 cm³/mol. The summed E-state index contributed by atoms with van der Waals surface area (Å²) < 4.78 is 5.38. The van der Waals surface area contributed by atoms with E-state index < -0.39 is 0 Å². The molecule has 2 rings (SSSR count). The van der Waals surface area contributed by atoms with Crippen LogP contribution in [0, 0.1) is 5.92 Å². The lowest BCUT2D eigenvalue weighted by Gasteiger charge is -2.49. The van der Waals surface area contributed by atoms with Crippen molar-refractivity contribution in [2.45, 2.75) is 44.9 Å². The van der Waals surface area contributed by atoms with Crippen molar-refractivity contribution in [1.29, 1.82) is 0 Å². The largest absolute Gasteiger partial charge is 0.497 e. The summed E-state index contributed by atoms with van der Waals surface area (Å²) in [5.74, 6) is 1.89. The number of rotatable bonds is 7. The molecular weight excluding hydrogens is 234 g/mol. The van der Waals surface area contributed by atoms with Crippen LogP contribution < -0.4 is 10.1 Å². The Morgan fingerprint density at radius 2 is 2.11 bits per heavy atom. The molecule has 0 aromatic heterocycles. The van der Waals surface area contributed by atoms with Crippen molar-refractivity contribution in [3.05, 3.63) is 29.8 Å². The average Bonchev–Trinajstić information content (AvgIpc) is 2.41. The Morgan fingerprint density at radius 3 is 2.74 bits per heavy atom. The third-order valence-electron chi connectivity index (χ3n) is 4.45. The van der Waals surface area contributed by atoms with E-state index >= 15 is 0 Å². The molecule has 106 valence electrons. The summed E-state index contributed by atoms with van der Waals surface area (Å²) >= 11 is 0. The second-order valence-electron chi connectivity index (χ2n) is 5.86. The Hall–Kier alpha value is -1.02. The van der Waals surface area contributed by atoms with Crippen molar-refractivity contribution in [3.63, 3.8) is 0 Å². The van der Waals surface area contributed by atoms with Gasteiger partial charge in [0, 0.05) is 12.0 Å². The molecule has 0 unspecified atom stereocenters. The topological polar surface area (TPSA) is 21.3 Å². The van der Waals surface area contributed by atoms with Crippen LogP contribution in [0.25, 0.3) is 0 Å². The van der Waals surface area contributed by atoms with Crippen molar-refractivity contribution in [2.24, 2.45) is 5.92 Å². The van der Waals surface area contributed by atoms with Gasteiger partial charge < -0.3 is 10.1 Å². The van der Waals surface area contributed by atoms with Crippen LogP contribution in [0.5, 0.6) is 5.75 Å². The van der Waals surface area contributed by atoms with Gasteiger partial charge in [0.1, 0.15) is 5.75 Å². The standard InChI is InChI=1S/C17H27NO/c1-4-7-14-11-17(12-14,13-18-5-2)15-8-6-9-16(10-15)19-3/h6,8-10,14,18H,4-5,7,11-13H2,1-3H3. The van der Waals surface area contributed by atoms with E-state index in [0.29, 0.717) is 5.41 Å². The van der Waals surface area contributed by atoms with Crippen molar-refractivity contribution in [2.75, 3.05) is 20.2 Å². The maximum Gasteiger partial charge on any atom is 0.119 e. The van der Waals surface area contributed by atoms with Crippen molar-refractivity contribution >= 4 is 0 Å². The van der Waals surface area contributed by atoms with E-state index in [2.05, 4.69) is 37.4 Å². The van der Waals surface area contributed by atoms with Gasteiger partial charge in [-0.15, -0.1) is 0 Å². The summed E-state index contributed by atoms with van der Waals surface area (Å²) in [6.07, 6.45) is 5.32. The highest BCUT2D eigenvalue weighted by Gasteiger charge is 2.44. The molecule has 1 aromatic rings. The molecule has 0 atom stereocenters. The summed E-state index contributed by atoms with van der Waals surface area (Å²) in [7, 11) is 1.75. The Bertz CT molecular complexity index is 396. The van der Waals surface area contributed by atoms with Crippen molar-refractivity contribution < 1.29 is 4.74 Å². The normalized spacial score (nSPS) is 25.9. The zero-order chi connectivity index (χ0) is 13.7. The van der Waals surface area contributed by atoms with Gasteiger partial charge in [0.2, 0.25) is 0 Å². The molecule has 0 spiro atoms. The summed E-state index contributed by atoms with van der Waals surface area (Å²) in [6, 6.07) is 8.64. The number of likely N-dealkylation sites (N-methyl/N-ethyl adjacent to an activating group) is 1. The molecule has 1 saturated carbocycles. The highest BCUT2D eigenvalue weighted by molar-refractivity contribution is 5.36. The molecule has 19 heavy (non-hydrogen) atoms. The Kier molecular flexibility index (Phi) is 4.87. The number of methoxy groups -OCH3 is 1. The predicted octanol–water partition coefficient (Wildman–Crippen LogP) is 3.75. The summed E-state index contributed by atoms with van der Waals surface area (Å²) in [6.45, 7) is 6.61. The third-order valence-corrected chi connectivity index (χ3v) is 4.45. The van der Waals surface area contributed by atoms with E-state index in [0.717, 1.165) is 24.8 Å². The van der Waals surface area contributed by atoms with Crippen LogP contribution in [0.4, 0.5) is 0 Å². The molecule has 0 aliphatic heterocycles. The van der Waals surface area contributed by atoms with Crippen LogP contribution in [0.3, 0.4) is 0 Å². The summed E-state index contributed by atoms with van der Waals surface area (Å²) in [5.41, 5.74) is 1.78. The molecule has 1 aliphatic carbocycles. The fraction of sp³-hybridized carbons (Fsp3) is 0.647. The van der Waals surface area contributed by atoms with Gasteiger partial charge in [-0.1, -0.05) is 38.8 Å². The molecule has 2 nitrogen and oxygen atoms in total. The molecule has 0 radical (unpaired) electrons. The molecule has 0 saturated heterocycles. The first-order chi connectivity index (χ1) is 9.24. The van der Waals surface area contributed by atoms with Crippen LogP contribution in [-0.4, -0.2) is 20.2 Å². The Labute approximate surface area is 117 Å². The third kappa shape index (κ3) is 3.11. The van der Waals surface area contributed by atoms with Gasteiger partial charge in [-0.2, -0.15) is 0 Å². The fourth-order valence-electron chi connectivity index (χ4n) is 3.46. The second kappa shape index (κ2) is 6.42. The fourth-order valence-corrected chi connectivity index (χ4v) is 3.46. The van der Waals surface area contributed by atoms with E-state index in [-0.39, 0.29) is 0 Å². The van der Waals surface area contributed by atoms with Crippen LogP contribution in [0.2, 0.25) is 0 Å². The molecular formula is C17H27NO. The molecule has 1 aliphatic rings. The smallest absolute Gasteiger partial charge is 0.119 e. The molecule has 0 amide bonds. The van der Waals surface area contributed by atoms with Crippen molar-refractivity contribution in [1.82, 2.24) is 5.32 Å². The Balaban J connectivity index is 2.14. The van der Waals surface area contributed by atoms with Gasteiger partial charge in [0.25, 0.3) is 0 Å². The van der Waals surface area contributed by atoms with Crippen LogP contribution >= 0.6 is 0 Å². The maximum atomic E-state index is 5.38. The van der Waals surface area contributed by atoms with E-state index in [4.69, 9.17) is 4.74 Å². The van der Waals surface area contributed by atoms with Gasteiger partial charge in [-0.25, -0.2) is 0 Å². The van der Waals surface area contributed by atoms with Gasteiger partial charge in [-0.3, -0.25) is 0 Å². The number of nitrogens with one attached hydrogen (secondary N) is 1. The van der Waals surface area contributed by atoms with E-state index in [1.54, 1.807) is 7.11 Å². The molecule has 1 aromatic carbocycles. The van der Waals surface area contributed by atoms with Gasteiger partial charge in [0.15, 0.2) is 0 Å². The molecule has 0 heterocycles. The van der Waals surface area contributed by atoms with Crippen LogP contribution in [0.15, 0.2) is 24.3 Å².